The minimum Gasteiger partial charge on any atom is -0.481 e. The van der Waals surface area contributed by atoms with Gasteiger partial charge >= 0.3 is 12.0 Å². The topological polar surface area (TPSA) is 69.6 Å². The van der Waals surface area contributed by atoms with Crippen LogP contribution in [0.25, 0.3) is 0 Å². The van der Waals surface area contributed by atoms with Crippen LogP contribution in [0.15, 0.2) is 16.6 Å². The smallest absolute Gasteiger partial charge is 0.321 e. The minimum atomic E-state index is -0.850. The van der Waals surface area contributed by atoms with Crippen molar-refractivity contribution in [2.75, 3.05) is 18.4 Å². The number of aryl methyl sites for hydroxylation is 2. The zero-order chi connectivity index (χ0) is 14.2. The predicted octanol–water partition coefficient (Wildman–Crippen LogP) is 2.61. The fourth-order valence-corrected chi connectivity index (χ4v) is 2.83. The summed E-state index contributed by atoms with van der Waals surface area (Å²) in [6.45, 7) is 4.44. The number of carbonyl (C=O) groups is 2. The van der Waals surface area contributed by atoms with E-state index in [9.17, 15) is 9.59 Å². The summed E-state index contributed by atoms with van der Waals surface area (Å²) in [7, 11) is 0. The van der Waals surface area contributed by atoms with Crippen molar-refractivity contribution in [3.63, 3.8) is 0 Å². The van der Waals surface area contributed by atoms with Gasteiger partial charge in [-0.2, -0.15) is 0 Å². The quantitative estimate of drug-likeness (QED) is 0.877. The molecule has 19 heavy (non-hydrogen) atoms. The standard InChI is InChI=1S/C13H15BrN2O3/c1-7-3-8(2)11(10(14)4-7)15-13(19)16-5-9(6-16)12(17)18/h3-4,9H,5-6H2,1-2H3,(H,15,19)(H,17,18). The second-order valence-corrected chi connectivity index (χ2v) is 5.66. The SMILES string of the molecule is Cc1cc(C)c(NC(=O)N2CC(C(=O)O)C2)c(Br)c1. The molecule has 0 atom stereocenters. The van der Waals surface area contributed by atoms with E-state index in [0.717, 1.165) is 21.3 Å². The summed E-state index contributed by atoms with van der Waals surface area (Å²) in [5.74, 6) is -1.29. The molecule has 0 saturated carbocycles. The van der Waals surface area contributed by atoms with E-state index in [4.69, 9.17) is 5.11 Å². The van der Waals surface area contributed by atoms with Crippen LogP contribution in [0, 0.1) is 19.8 Å². The third kappa shape index (κ3) is 2.89. The summed E-state index contributed by atoms with van der Waals surface area (Å²) >= 11 is 3.42. The van der Waals surface area contributed by atoms with Gasteiger partial charge in [0.1, 0.15) is 0 Å². The summed E-state index contributed by atoms with van der Waals surface area (Å²) in [5, 5.41) is 11.6. The number of nitrogens with zero attached hydrogens (tertiary/aromatic N) is 1. The number of anilines is 1. The van der Waals surface area contributed by atoms with E-state index in [2.05, 4.69) is 21.2 Å². The number of halogens is 1. The third-order valence-electron chi connectivity index (χ3n) is 3.18. The fraction of sp³-hybridized carbons (Fsp3) is 0.385. The Hall–Kier alpha value is -1.56. The molecule has 2 rings (SSSR count). The first kappa shape index (κ1) is 13.9. The van der Waals surface area contributed by atoms with Crippen molar-refractivity contribution in [3.8, 4) is 0 Å². The van der Waals surface area contributed by atoms with Gasteiger partial charge in [0.05, 0.1) is 11.6 Å². The lowest BCUT2D eigenvalue weighted by Gasteiger charge is -2.36. The Morgan fingerprint density at radius 3 is 2.53 bits per heavy atom. The highest BCUT2D eigenvalue weighted by Gasteiger charge is 2.35. The largest absolute Gasteiger partial charge is 0.481 e. The second kappa shape index (κ2) is 5.21. The Morgan fingerprint density at radius 2 is 2.00 bits per heavy atom. The number of carbonyl (C=O) groups excluding carboxylic acids is 1. The van der Waals surface area contributed by atoms with E-state index in [0.29, 0.717) is 0 Å². The number of benzene rings is 1. The van der Waals surface area contributed by atoms with Gasteiger partial charge in [0.2, 0.25) is 0 Å². The first-order valence-electron chi connectivity index (χ1n) is 5.94. The number of carboxylic acid groups (broad SMARTS) is 1. The van der Waals surface area contributed by atoms with Crippen LogP contribution in [0.5, 0.6) is 0 Å². The van der Waals surface area contributed by atoms with E-state index in [-0.39, 0.29) is 19.1 Å². The Balaban J connectivity index is 2.03. The maximum absolute atomic E-state index is 12.0. The Kier molecular flexibility index (Phi) is 3.80. The maximum Gasteiger partial charge on any atom is 0.321 e. The fourth-order valence-electron chi connectivity index (χ4n) is 2.06. The summed E-state index contributed by atoms with van der Waals surface area (Å²) in [5.41, 5.74) is 2.81. The van der Waals surface area contributed by atoms with Gasteiger partial charge in [-0.15, -0.1) is 0 Å². The molecule has 0 unspecified atom stereocenters. The number of urea groups is 1. The average molecular weight is 327 g/mol. The summed E-state index contributed by atoms with van der Waals surface area (Å²) in [6, 6.07) is 3.65. The highest BCUT2D eigenvalue weighted by molar-refractivity contribution is 9.10. The van der Waals surface area contributed by atoms with Crippen LogP contribution < -0.4 is 5.32 Å². The molecule has 1 aliphatic rings. The van der Waals surface area contributed by atoms with Crippen molar-refractivity contribution in [3.05, 3.63) is 27.7 Å². The van der Waals surface area contributed by atoms with Gasteiger partial charge in [0, 0.05) is 17.6 Å². The number of rotatable bonds is 2. The van der Waals surface area contributed by atoms with Crippen molar-refractivity contribution in [2.24, 2.45) is 5.92 Å². The third-order valence-corrected chi connectivity index (χ3v) is 3.81. The van der Waals surface area contributed by atoms with Crippen molar-refractivity contribution in [2.45, 2.75) is 13.8 Å². The Morgan fingerprint density at radius 1 is 1.37 bits per heavy atom. The normalized spacial score (nSPS) is 15.0. The lowest BCUT2D eigenvalue weighted by Crippen LogP contribution is -2.54. The number of likely N-dealkylation sites (tertiary alicyclic amines) is 1. The molecule has 5 nitrogen and oxygen atoms in total. The molecule has 1 aromatic rings. The zero-order valence-corrected chi connectivity index (χ0v) is 12.3. The van der Waals surface area contributed by atoms with Gasteiger partial charge < -0.3 is 15.3 Å². The predicted molar refractivity (Wildman–Crippen MR) is 75.3 cm³/mol. The van der Waals surface area contributed by atoms with Gasteiger partial charge in [-0.1, -0.05) is 6.07 Å². The van der Waals surface area contributed by atoms with Crippen molar-refractivity contribution in [1.29, 1.82) is 0 Å². The number of nitrogens with one attached hydrogen (secondary N) is 1. The molecule has 1 fully saturated rings. The van der Waals surface area contributed by atoms with Crippen LogP contribution in [0.4, 0.5) is 10.5 Å². The molecule has 0 bridgehead atoms. The molecule has 0 aliphatic carbocycles. The molecule has 0 aromatic heterocycles. The molecular formula is C13H15BrN2O3. The molecule has 1 aliphatic heterocycles. The second-order valence-electron chi connectivity index (χ2n) is 4.81. The van der Waals surface area contributed by atoms with Gasteiger partial charge in [-0.25, -0.2) is 4.79 Å². The minimum absolute atomic E-state index is 0.259. The summed E-state index contributed by atoms with van der Waals surface area (Å²) < 4.78 is 0.827. The van der Waals surface area contributed by atoms with E-state index < -0.39 is 11.9 Å². The van der Waals surface area contributed by atoms with Crippen LogP contribution in [-0.2, 0) is 4.79 Å². The van der Waals surface area contributed by atoms with Gasteiger partial charge in [-0.3, -0.25) is 4.79 Å². The van der Waals surface area contributed by atoms with Crippen LogP contribution in [-0.4, -0.2) is 35.1 Å². The molecule has 1 heterocycles. The molecule has 1 saturated heterocycles. The summed E-state index contributed by atoms with van der Waals surface area (Å²) in [6.07, 6.45) is 0. The lowest BCUT2D eigenvalue weighted by atomic mass is 10.0. The molecule has 102 valence electrons. The van der Waals surface area contributed by atoms with E-state index in [1.165, 1.54) is 4.90 Å². The van der Waals surface area contributed by atoms with Gasteiger partial charge in [-0.05, 0) is 47.0 Å². The van der Waals surface area contributed by atoms with Crippen LogP contribution in [0.3, 0.4) is 0 Å². The van der Waals surface area contributed by atoms with E-state index in [1.54, 1.807) is 0 Å². The number of hydrogen-bond donors (Lipinski definition) is 2. The number of hydrogen-bond acceptors (Lipinski definition) is 2. The van der Waals surface area contributed by atoms with Crippen LogP contribution in [0.1, 0.15) is 11.1 Å². The first-order valence-corrected chi connectivity index (χ1v) is 6.73. The van der Waals surface area contributed by atoms with Crippen molar-refractivity contribution < 1.29 is 14.7 Å². The molecule has 2 amide bonds. The molecular weight excluding hydrogens is 312 g/mol. The average Bonchev–Trinajstić information content (AvgIpc) is 2.20. The maximum atomic E-state index is 12.0. The Labute approximate surface area is 119 Å². The van der Waals surface area contributed by atoms with Crippen LogP contribution >= 0.6 is 15.9 Å². The first-order chi connectivity index (χ1) is 8.88. The summed E-state index contributed by atoms with van der Waals surface area (Å²) in [4.78, 5) is 24.1. The highest BCUT2D eigenvalue weighted by atomic mass is 79.9. The lowest BCUT2D eigenvalue weighted by molar-refractivity contribution is -0.145. The molecule has 1 aromatic carbocycles. The zero-order valence-electron chi connectivity index (χ0n) is 10.7. The van der Waals surface area contributed by atoms with E-state index in [1.807, 2.05) is 26.0 Å². The van der Waals surface area contributed by atoms with E-state index >= 15 is 0 Å². The Bertz CT molecular complexity index is 516. The molecule has 2 N–H and O–H groups in total. The van der Waals surface area contributed by atoms with Crippen LogP contribution in [0.2, 0.25) is 0 Å². The highest BCUT2D eigenvalue weighted by Crippen LogP contribution is 2.28. The molecule has 0 radical (unpaired) electrons. The van der Waals surface area contributed by atoms with Crippen molar-refractivity contribution in [1.82, 2.24) is 4.90 Å². The van der Waals surface area contributed by atoms with Crippen molar-refractivity contribution >= 4 is 33.6 Å². The molecule has 6 heteroatoms. The monoisotopic (exact) mass is 326 g/mol. The van der Waals surface area contributed by atoms with Gasteiger partial charge in [0.25, 0.3) is 0 Å². The molecule has 0 spiro atoms. The number of aliphatic carboxylic acids is 1. The number of amides is 2. The van der Waals surface area contributed by atoms with Gasteiger partial charge in [0.15, 0.2) is 0 Å². The number of carboxylic acids is 1.